The maximum atomic E-state index is 12.1. The third kappa shape index (κ3) is 5.34. The van der Waals surface area contributed by atoms with Gasteiger partial charge in [-0.1, -0.05) is 12.1 Å². The molecule has 0 radical (unpaired) electrons. The van der Waals surface area contributed by atoms with E-state index in [1.54, 1.807) is 0 Å². The Morgan fingerprint density at radius 3 is 2.54 bits per heavy atom. The number of aliphatic carboxylic acids is 1. The maximum absolute atomic E-state index is 12.1. The lowest BCUT2D eigenvalue weighted by atomic mass is 10.2. The van der Waals surface area contributed by atoms with Crippen LogP contribution in [0.15, 0.2) is 24.3 Å². The summed E-state index contributed by atoms with van der Waals surface area (Å²) in [6, 6.07) is 7.36. The number of amides is 1. The third-order valence-electron chi connectivity index (χ3n) is 3.29. The highest BCUT2D eigenvalue weighted by molar-refractivity contribution is 7.13. The zero-order valence-electron chi connectivity index (χ0n) is 13.7. The average Bonchev–Trinajstić information content (AvgIpc) is 2.89. The van der Waals surface area contributed by atoms with Gasteiger partial charge in [-0.25, -0.2) is 4.98 Å². The second kappa shape index (κ2) is 8.44. The average molecular weight is 348 g/mol. The van der Waals surface area contributed by atoms with Gasteiger partial charge in [0.15, 0.2) is 0 Å². The van der Waals surface area contributed by atoms with Gasteiger partial charge in [-0.15, -0.1) is 11.3 Å². The number of carboxylic acid groups (broad SMARTS) is 1. The van der Waals surface area contributed by atoms with Crippen LogP contribution in [0.1, 0.15) is 38.8 Å². The smallest absolute Gasteiger partial charge is 0.303 e. The summed E-state index contributed by atoms with van der Waals surface area (Å²) >= 11 is 1.39. The van der Waals surface area contributed by atoms with E-state index >= 15 is 0 Å². The molecule has 2 rings (SSSR count). The van der Waals surface area contributed by atoms with E-state index in [0.29, 0.717) is 30.2 Å². The topological polar surface area (TPSA) is 88.5 Å². The third-order valence-corrected chi connectivity index (χ3v) is 4.36. The summed E-state index contributed by atoms with van der Waals surface area (Å²) in [7, 11) is 0. The summed E-state index contributed by atoms with van der Waals surface area (Å²) in [6.45, 7) is 4.50. The van der Waals surface area contributed by atoms with E-state index in [1.807, 2.05) is 38.1 Å². The van der Waals surface area contributed by atoms with Crippen molar-refractivity contribution in [1.29, 1.82) is 0 Å². The molecule has 24 heavy (non-hydrogen) atoms. The minimum Gasteiger partial charge on any atom is -0.494 e. The van der Waals surface area contributed by atoms with E-state index in [-0.39, 0.29) is 12.3 Å². The number of aromatic nitrogens is 1. The van der Waals surface area contributed by atoms with E-state index in [9.17, 15) is 9.59 Å². The van der Waals surface area contributed by atoms with Crippen molar-refractivity contribution in [2.45, 2.75) is 33.2 Å². The van der Waals surface area contributed by atoms with Gasteiger partial charge in [0.1, 0.15) is 10.6 Å². The Hall–Kier alpha value is -2.41. The number of hydrogen-bond donors (Lipinski definition) is 2. The molecule has 0 aliphatic carbocycles. The molecule has 6 nitrogen and oxygen atoms in total. The van der Waals surface area contributed by atoms with Crippen molar-refractivity contribution in [2.75, 3.05) is 6.61 Å². The molecule has 0 saturated heterocycles. The van der Waals surface area contributed by atoms with Gasteiger partial charge >= 0.3 is 5.97 Å². The monoisotopic (exact) mass is 348 g/mol. The number of thiazole rings is 1. The molecule has 2 aromatic rings. The van der Waals surface area contributed by atoms with Crippen LogP contribution in [0.4, 0.5) is 0 Å². The van der Waals surface area contributed by atoms with Crippen LogP contribution in [0.25, 0.3) is 0 Å². The number of rotatable bonds is 8. The molecule has 128 valence electrons. The predicted octanol–water partition coefficient (Wildman–Crippen LogP) is 2.93. The summed E-state index contributed by atoms with van der Waals surface area (Å²) in [5.41, 5.74) is 1.71. The van der Waals surface area contributed by atoms with Gasteiger partial charge in [0.2, 0.25) is 0 Å². The number of hydrogen-bond acceptors (Lipinski definition) is 5. The van der Waals surface area contributed by atoms with Crippen molar-refractivity contribution in [3.8, 4) is 5.75 Å². The summed E-state index contributed by atoms with van der Waals surface area (Å²) in [5.74, 6) is -0.257. The zero-order valence-corrected chi connectivity index (χ0v) is 14.5. The molecule has 0 unspecified atom stereocenters. The molecular formula is C17H20N2O4S. The SMILES string of the molecule is Cc1nc(C)c(C(=O)NCc2ccc(OCCCC(=O)O)cc2)s1. The fourth-order valence-corrected chi connectivity index (χ4v) is 2.96. The molecular weight excluding hydrogens is 328 g/mol. The van der Waals surface area contributed by atoms with E-state index in [0.717, 1.165) is 16.3 Å². The largest absolute Gasteiger partial charge is 0.494 e. The van der Waals surface area contributed by atoms with Crippen LogP contribution in [0.2, 0.25) is 0 Å². The quantitative estimate of drug-likeness (QED) is 0.716. The first-order chi connectivity index (χ1) is 11.5. The van der Waals surface area contributed by atoms with Crippen LogP contribution >= 0.6 is 11.3 Å². The van der Waals surface area contributed by atoms with Crippen molar-refractivity contribution in [2.24, 2.45) is 0 Å². The van der Waals surface area contributed by atoms with E-state index in [1.165, 1.54) is 11.3 Å². The Balaban J connectivity index is 1.80. The van der Waals surface area contributed by atoms with Gasteiger partial charge in [0.25, 0.3) is 5.91 Å². The molecule has 0 spiro atoms. The molecule has 0 atom stereocenters. The molecule has 7 heteroatoms. The number of nitrogens with zero attached hydrogens (tertiary/aromatic N) is 1. The Morgan fingerprint density at radius 2 is 1.96 bits per heavy atom. The van der Waals surface area contributed by atoms with Crippen LogP contribution < -0.4 is 10.1 Å². The van der Waals surface area contributed by atoms with Crippen LogP contribution in [0.3, 0.4) is 0 Å². The number of carbonyl (C=O) groups excluding carboxylic acids is 1. The van der Waals surface area contributed by atoms with Crippen LogP contribution in [0, 0.1) is 13.8 Å². The normalized spacial score (nSPS) is 10.4. The highest BCUT2D eigenvalue weighted by atomic mass is 32.1. The van der Waals surface area contributed by atoms with E-state index in [4.69, 9.17) is 9.84 Å². The summed E-state index contributed by atoms with van der Waals surface area (Å²) in [5, 5.41) is 12.3. The van der Waals surface area contributed by atoms with Gasteiger partial charge in [-0.2, -0.15) is 0 Å². The first-order valence-electron chi connectivity index (χ1n) is 7.61. The molecule has 0 aliphatic rings. The lowest BCUT2D eigenvalue weighted by molar-refractivity contribution is -0.137. The number of aryl methyl sites for hydroxylation is 2. The number of carboxylic acids is 1. The van der Waals surface area contributed by atoms with Gasteiger partial charge in [0, 0.05) is 13.0 Å². The molecule has 0 saturated carbocycles. The lowest BCUT2D eigenvalue weighted by Crippen LogP contribution is -2.22. The fourth-order valence-electron chi connectivity index (χ4n) is 2.12. The van der Waals surface area contributed by atoms with Gasteiger partial charge in [-0.05, 0) is 38.0 Å². The second-order valence-corrected chi connectivity index (χ2v) is 6.52. The number of carbonyl (C=O) groups is 2. The summed E-state index contributed by atoms with van der Waals surface area (Å²) < 4.78 is 5.47. The minimum atomic E-state index is -0.823. The predicted molar refractivity (Wildman–Crippen MR) is 91.6 cm³/mol. The highest BCUT2D eigenvalue weighted by Crippen LogP contribution is 2.17. The fraction of sp³-hybridized carbons (Fsp3) is 0.353. The van der Waals surface area contributed by atoms with Crippen molar-refractivity contribution in [3.63, 3.8) is 0 Å². The minimum absolute atomic E-state index is 0.0978. The van der Waals surface area contributed by atoms with Crippen molar-refractivity contribution < 1.29 is 19.4 Å². The van der Waals surface area contributed by atoms with Crippen molar-refractivity contribution in [3.05, 3.63) is 45.4 Å². The molecule has 0 bridgehead atoms. The molecule has 1 aromatic heterocycles. The van der Waals surface area contributed by atoms with E-state index < -0.39 is 5.97 Å². The Morgan fingerprint density at radius 1 is 1.25 bits per heavy atom. The Kier molecular flexibility index (Phi) is 6.31. The molecule has 0 aliphatic heterocycles. The molecule has 1 amide bonds. The molecule has 2 N–H and O–H groups in total. The standard InChI is InChI=1S/C17H20N2O4S/c1-11-16(24-12(2)19-11)17(22)18-10-13-5-7-14(8-6-13)23-9-3-4-15(20)21/h5-8H,3-4,9-10H2,1-2H3,(H,18,22)(H,20,21). The maximum Gasteiger partial charge on any atom is 0.303 e. The summed E-state index contributed by atoms with van der Waals surface area (Å²) in [6.07, 6.45) is 0.571. The van der Waals surface area contributed by atoms with Gasteiger partial charge < -0.3 is 15.2 Å². The Labute approximate surface area is 144 Å². The van der Waals surface area contributed by atoms with E-state index in [2.05, 4.69) is 10.3 Å². The van der Waals surface area contributed by atoms with Crippen LogP contribution in [0.5, 0.6) is 5.75 Å². The lowest BCUT2D eigenvalue weighted by Gasteiger charge is -2.07. The van der Waals surface area contributed by atoms with Crippen LogP contribution in [-0.2, 0) is 11.3 Å². The second-order valence-electron chi connectivity index (χ2n) is 5.32. The van der Waals surface area contributed by atoms with Crippen LogP contribution in [-0.4, -0.2) is 28.6 Å². The highest BCUT2D eigenvalue weighted by Gasteiger charge is 2.13. The van der Waals surface area contributed by atoms with Crippen molar-refractivity contribution >= 4 is 23.2 Å². The summed E-state index contributed by atoms with van der Waals surface area (Å²) in [4.78, 5) is 27.4. The molecule has 1 heterocycles. The molecule has 1 aromatic carbocycles. The first-order valence-corrected chi connectivity index (χ1v) is 8.43. The first kappa shape index (κ1) is 17.9. The number of ether oxygens (including phenoxy) is 1. The van der Waals surface area contributed by atoms with Gasteiger partial charge in [-0.3, -0.25) is 9.59 Å². The molecule has 0 fully saturated rings. The zero-order chi connectivity index (χ0) is 17.5. The van der Waals surface area contributed by atoms with Gasteiger partial charge in [0.05, 0.1) is 17.3 Å². The van der Waals surface area contributed by atoms with Crippen molar-refractivity contribution in [1.82, 2.24) is 10.3 Å². The number of benzene rings is 1. The number of nitrogens with one attached hydrogen (secondary N) is 1. The Bertz CT molecular complexity index is 710.